The number of aliphatic hydroxyl groups is 3. The number of carbonyl (C=O) groups is 1. The van der Waals surface area contributed by atoms with Crippen molar-refractivity contribution in [3.05, 3.63) is 61.1 Å². The number of ether oxygens (including phenoxy) is 2. The maximum atomic E-state index is 11.9. The van der Waals surface area contributed by atoms with Gasteiger partial charge in [-0.2, -0.15) is 0 Å². The third-order valence-corrected chi connectivity index (χ3v) is 42.3. The highest BCUT2D eigenvalue weighted by Crippen LogP contribution is 2.83. The molecule has 0 saturated heterocycles. The van der Waals surface area contributed by atoms with Crippen LogP contribution in [0, 0.1) is 170 Å². The fraction of sp³-hybridized carbons (Fsp3) is 0.887. The van der Waals surface area contributed by atoms with Crippen LogP contribution in [0.2, 0.25) is 0 Å². The lowest BCUT2D eigenvalue weighted by Gasteiger charge is -2.73. The molecule has 15 rings (SSSR count). The Balaban J connectivity index is 0.000000138. The monoisotopic (exact) mass is 1420 g/mol. The van der Waals surface area contributed by atoms with Crippen molar-refractivity contribution in [1.29, 1.82) is 0 Å². The maximum Gasteiger partial charge on any atom is 0.302 e. The molecule has 6 heteroatoms. The molecule has 0 heterocycles. The number of hydrogen-bond donors (Lipinski definition) is 3. The topological polar surface area (TPSA) is 96.2 Å². The lowest BCUT2D eigenvalue weighted by Crippen LogP contribution is -2.67. The van der Waals surface area contributed by atoms with Crippen LogP contribution in [0.4, 0.5) is 0 Å². The Labute approximate surface area is 632 Å². The van der Waals surface area contributed by atoms with Crippen LogP contribution in [0.1, 0.15) is 344 Å². The Morgan fingerprint density at radius 2 is 0.738 bits per heavy atom. The molecule has 7 unspecified atom stereocenters. The lowest BCUT2D eigenvalue weighted by molar-refractivity contribution is -0.249. The number of fused-ring (bicyclic) bond motifs is 21. The Kier molecular flexibility index (Phi) is 19.8. The van der Waals surface area contributed by atoms with Gasteiger partial charge < -0.3 is 24.8 Å². The summed E-state index contributed by atoms with van der Waals surface area (Å²) in [6.45, 7) is 71.5. The molecular formula is C97H158O6. The first kappa shape index (κ1) is 78.8. The van der Waals surface area contributed by atoms with Crippen molar-refractivity contribution >= 4 is 5.97 Å². The molecule has 15 aliphatic rings. The number of rotatable bonds is 9. The number of allylic oxidation sites excluding steroid dienone is 5. The Morgan fingerprint density at radius 1 is 0.379 bits per heavy atom. The van der Waals surface area contributed by atoms with Crippen LogP contribution in [-0.4, -0.2) is 46.7 Å². The van der Waals surface area contributed by atoms with Gasteiger partial charge in [0.2, 0.25) is 0 Å². The summed E-state index contributed by atoms with van der Waals surface area (Å²) in [4.78, 5) is 11.9. The highest BCUT2D eigenvalue weighted by atomic mass is 16.5. The molecule has 103 heavy (non-hydrogen) atoms. The normalized spacial score (nSPS) is 55.1. The molecule has 0 aromatic rings. The molecule has 0 aromatic carbocycles. The fourth-order valence-electron chi connectivity index (χ4n) is 35.9. The summed E-state index contributed by atoms with van der Waals surface area (Å²) < 4.78 is 11.9. The number of hydrogen-bond acceptors (Lipinski definition) is 6. The maximum absolute atomic E-state index is 11.9. The van der Waals surface area contributed by atoms with Crippen molar-refractivity contribution in [2.45, 2.75) is 362 Å². The van der Waals surface area contributed by atoms with E-state index in [1.165, 1.54) is 177 Å². The SMILES string of the molecule is C=C(C)[C@@H]1CC[C@]2(C(=C)O)CC[C@]3(C)C(CCC4[C@@]5(C)CC[C@H](O)[C@@](C)(CC)[C@@H]5CC[C@]43C)C12.C=C(C)[C@@H]1CC[C@]2(C(=C)OC)CC[C@]3(C)C(CCC4[C@@]5(C)CC[C@H](O)[C@@](C)(CC)[C@@H]5CC[C@]43C)C12.C=C(C)[C@@H]1CC[C@]2(C)CC[C@]3(C)C(CC[C@@H]4[C@@]5(C)CC[C@H](OC(C)=O)C(C)(C)[C@@H]5CC[C@]43C)[C@@H]12. The third kappa shape index (κ3) is 10.5. The number of carbonyl (C=O) groups excluding carboxylic acids is 1. The first-order chi connectivity index (χ1) is 47.9. The molecule has 0 aromatic heterocycles. The smallest absolute Gasteiger partial charge is 0.302 e. The zero-order valence-electron chi connectivity index (χ0n) is 70.6. The molecular weight excluding hydrogens is 1260 g/mol. The number of aliphatic hydroxyl groups excluding tert-OH is 3. The van der Waals surface area contributed by atoms with E-state index in [0.717, 1.165) is 92.1 Å². The van der Waals surface area contributed by atoms with Crippen molar-refractivity contribution in [3.8, 4) is 0 Å². The summed E-state index contributed by atoms with van der Waals surface area (Å²) in [5.74, 6) is 11.6. The number of esters is 1. The van der Waals surface area contributed by atoms with Gasteiger partial charge in [-0.25, -0.2) is 0 Å². The molecule has 0 amide bonds. The third-order valence-electron chi connectivity index (χ3n) is 42.3. The zero-order chi connectivity index (χ0) is 75.4. The van der Waals surface area contributed by atoms with Gasteiger partial charge >= 0.3 is 5.97 Å². The van der Waals surface area contributed by atoms with Crippen LogP contribution < -0.4 is 0 Å². The van der Waals surface area contributed by atoms with Gasteiger partial charge in [0.25, 0.3) is 0 Å². The van der Waals surface area contributed by atoms with Gasteiger partial charge in [0, 0.05) is 23.2 Å². The van der Waals surface area contributed by atoms with Crippen molar-refractivity contribution in [2.75, 3.05) is 7.11 Å². The summed E-state index contributed by atoms with van der Waals surface area (Å²) in [6, 6.07) is 0. The molecule has 32 atom stereocenters. The molecule has 0 aliphatic heterocycles. The molecule has 0 radical (unpaired) electrons. The molecule has 15 aliphatic carbocycles. The van der Waals surface area contributed by atoms with Gasteiger partial charge in [0.15, 0.2) is 0 Å². The van der Waals surface area contributed by atoms with Crippen molar-refractivity contribution < 1.29 is 29.6 Å². The molecule has 0 spiro atoms. The van der Waals surface area contributed by atoms with Gasteiger partial charge in [-0.05, 0) is 380 Å². The molecule has 3 N–H and O–H groups in total. The van der Waals surface area contributed by atoms with Gasteiger partial charge in [-0.1, -0.05) is 160 Å². The van der Waals surface area contributed by atoms with Crippen molar-refractivity contribution in [2.24, 2.45) is 170 Å². The summed E-state index contributed by atoms with van der Waals surface area (Å²) in [6.07, 6.45) is 39.7. The minimum atomic E-state index is -0.146. The van der Waals surface area contributed by atoms with E-state index in [1.807, 2.05) is 7.11 Å². The van der Waals surface area contributed by atoms with Crippen LogP contribution in [-0.2, 0) is 14.3 Å². The van der Waals surface area contributed by atoms with E-state index >= 15 is 0 Å². The van der Waals surface area contributed by atoms with E-state index in [2.05, 4.69) is 164 Å². The zero-order valence-corrected chi connectivity index (χ0v) is 70.6. The molecule has 0 bridgehead atoms. The Morgan fingerprint density at radius 3 is 1.15 bits per heavy atom. The van der Waals surface area contributed by atoms with Gasteiger partial charge in [0.05, 0.1) is 30.8 Å². The minimum absolute atomic E-state index is 0.0545. The van der Waals surface area contributed by atoms with Crippen molar-refractivity contribution in [3.63, 3.8) is 0 Å². The van der Waals surface area contributed by atoms with Gasteiger partial charge in [-0.15, -0.1) is 0 Å². The summed E-state index contributed by atoms with van der Waals surface area (Å²) in [5.41, 5.74) is 8.11. The largest absolute Gasteiger partial charge is 0.512 e. The van der Waals surface area contributed by atoms with Gasteiger partial charge in [-0.3, -0.25) is 4.79 Å². The van der Waals surface area contributed by atoms with Crippen molar-refractivity contribution in [1.82, 2.24) is 0 Å². The predicted octanol–water partition coefficient (Wildman–Crippen LogP) is 25.6. The molecule has 15 fully saturated rings. The molecule has 582 valence electrons. The second-order valence-electron chi connectivity index (χ2n) is 44.9. The second-order valence-corrected chi connectivity index (χ2v) is 44.9. The highest BCUT2D eigenvalue weighted by Gasteiger charge is 2.76. The lowest BCUT2D eigenvalue weighted by atomic mass is 9.32. The van der Waals surface area contributed by atoms with Gasteiger partial charge in [0.1, 0.15) is 6.10 Å². The van der Waals surface area contributed by atoms with Crippen LogP contribution in [0.3, 0.4) is 0 Å². The van der Waals surface area contributed by atoms with Crippen LogP contribution in [0.5, 0.6) is 0 Å². The molecule has 15 saturated carbocycles. The predicted molar refractivity (Wildman–Crippen MR) is 427 cm³/mol. The first-order valence-electron chi connectivity index (χ1n) is 44.0. The Hall–Kier alpha value is -2.31. The minimum Gasteiger partial charge on any atom is -0.512 e. The summed E-state index contributed by atoms with van der Waals surface area (Å²) in [5, 5.41) is 33.2. The van der Waals surface area contributed by atoms with E-state index in [-0.39, 0.29) is 51.4 Å². The fourth-order valence-corrected chi connectivity index (χ4v) is 35.9. The Bertz CT molecular complexity index is 3320. The highest BCUT2D eigenvalue weighted by molar-refractivity contribution is 5.66. The van der Waals surface area contributed by atoms with E-state index < -0.39 is 0 Å². The van der Waals surface area contributed by atoms with E-state index in [1.54, 1.807) is 6.92 Å². The standard InChI is InChI=1S/C33H54O2.2C32H52O2/c1-10-29(5)25-14-17-32(8)26(30(25,6)16-15-27(29)34)12-11-24-28-23(21(2)3)13-18-33(28,22(4)35-9)20-19-31(24,32)7;1-20(2)22-12-15-29(6)18-19-31(8)23(27(22)29)10-11-25-30(7)16-14-26(34-21(3)33)28(4,5)24(30)13-17-32(25,31)9;1-9-28(5)24-13-16-31(8)25(29(24,6)15-14-26(28)34)11-10-23-27-22(20(2)3)12-17-32(27,21(4)33)19-18-30(23,31)7/h23-28,34H,2,4,10-20H2,1,3,5-9H3;22-27H,1,10-19H2,2-9H3;22-27,33-34H,2,4,9-19H2,1,3,5-8H3/t23-,24?,25-,26?,27-,28?,29-,30-,31+,32+,33+;22-,23?,24-,25+,26-,27+,29+,30-,31+,32+;22-,23?,24-,25?,26-,27?,28-,29-,30+,31+,32+/m000/s1. The first-order valence-corrected chi connectivity index (χ1v) is 44.0. The second kappa shape index (κ2) is 25.9. The number of methoxy groups -OCH3 is 1. The van der Waals surface area contributed by atoms with Crippen LogP contribution >= 0.6 is 0 Å². The summed E-state index contributed by atoms with van der Waals surface area (Å²) >= 11 is 0. The summed E-state index contributed by atoms with van der Waals surface area (Å²) in [7, 11) is 1.85. The van der Waals surface area contributed by atoms with E-state index in [0.29, 0.717) is 107 Å². The van der Waals surface area contributed by atoms with Crippen LogP contribution in [0.15, 0.2) is 61.1 Å². The van der Waals surface area contributed by atoms with E-state index in [4.69, 9.17) is 9.47 Å². The average Bonchev–Trinajstić information content (AvgIpc) is 1.61. The average molecular weight is 1420 g/mol. The molecule has 6 nitrogen and oxygen atoms in total. The quantitative estimate of drug-likeness (QED) is 0.121. The van der Waals surface area contributed by atoms with E-state index in [9.17, 15) is 20.1 Å². The van der Waals surface area contributed by atoms with Crippen LogP contribution in [0.25, 0.3) is 0 Å².